The van der Waals surface area contributed by atoms with Crippen LogP contribution in [-0.4, -0.2) is 49.8 Å². The van der Waals surface area contributed by atoms with Gasteiger partial charge < -0.3 is 24.5 Å². The molecule has 1 aliphatic heterocycles. The second-order valence-corrected chi connectivity index (χ2v) is 8.06. The Bertz CT molecular complexity index is 956. The molecule has 8 heteroatoms. The summed E-state index contributed by atoms with van der Waals surface area (Å²) in [5.74, 6) is 6.49. The van der Waals surface area contributed by atoms with E-state index in [-0.39, 0.29) is 5.71 Å². The fourth-order valence-electron chi connectivity index (χ4n) is 3.78. The van der Waals surface area contributed by atoms with Crippen LogP contribution in [0.3, 0.4) is 0 Å². The van der Waals surface area contributed by atoms with Gasteiger partial charge in [0.05, 0.1) is 12.0 Å². The molecule has 0 aliphatic carbocycles. The number of fused-ring (bicyclic) bond motifs is 1. The van der Waals surface area contributed by atoms with Gasteiger partial charge in [-0.3, -0.25) is 4.57 Å². The van der Waals surface area contributed by atoms with Crippen LogP contribution in [0.25, 0.3) is 11.1 Å². The quantitative estimate of drug-likeness (QED) is 0.390. The molecule has 8 nitrogen and oxygen atoms in total. The van der Waals surface area contributed by atoms with Crippen LogP contribution < -0.4 is 5.69 Å². The van der Waals surface area contributed by atoms with E-state index in [9.17, 15) is 20.1 Å². The summed E-state index contributed by atoms with van der Waals surface area (Å²) in [6, 6.07) is 1.68. The first-order chi connectivity index (χ1) is 15.0. The third-order valence-electron chi connectivity index (χ3n) is 5.59. The van der Waals surface area contributed by atoms with E-state index in [4.69, 9.17) is 9.15 Å². The van der Waals surface area contributed by atoms with Crippen molar-refractivity contribution in [1.82, 2.24) is 9.55 Å². The van der Waals surface area contributed by atoms with E-state index in [1.54, 1.807) is 6.07 Å². The molecule has 3 heterocycles. The van der Waals surface area contributed by atoms with Gasteiger partial charge in [-0.15, -0.1) is 0 Å². The summed E-state index contributed by atoms with van der Waals surface area (Å²) in [6.07, 6.45) is 7.49. The molecule has 3 N–H and O–H groups in total. The predicted molar refractivity (Wildman–Crippen MR) is 115 cm³/mol. The van der Waals surface area contributed by atoms with E-state index >= 15 is 0 Å². The van der Waals surface area contributed by atoms with E-state index < -0.39 is 36.8 Å². The third kappa shape index (κ3) is 5.95. The summed E-state index contributed by atoms with van der Waals surface area (Å²) in [6.45, 7) is 1.75. The topological polar surface area (TPSA) is 118 Å². The normalized spacial score (nSPS) is 23.2. The van der Waals surface area contributed by atoms with Crippen molar-refractivity contribution < 1.29 is 24.5 Å². The van der Waals surface area contributed by atoms with Crippen molar-refractivity contribution in [3.05, 3.63) is 28.5 Å². The number of aliphatic hydroxyl groups excluding tert-OH is 3. The molecule has 0 radical (unpaired) electrons. The van der Waals surface area contributed by atoms with Gasteiger partial charge in [0.1, 0.15) is 18.3 Å². The van der Waals surface area contributed by atoms with Gasteiger partial charge in [0.25, 0.3) is 0 Å². The van der Waals surface area contributed by atoms with Gasteiger partial charge in [-0.25, -0.2) is 4.79 Å². The van der Waals surface area contributed by atoms with Crippen LogP contribution in [0.5, 0.6) is 0 Å². The summed E-state index contributed by atoms with van der Waals surface area (Å²) in [5, 5.41) is 29.8. The number of ether oxygens (including phenoxy) is 1. The van der Waals surface area contributed by atoms with Gasteiger partial charge in [0.2, 0.25) is 5.71 Å². The lowest BCUT2D eigenvalue weighted by Crippen LogP contribution is -2.35. The number of rotatable bonds is 10. The first-order valence-corrected chi connectivity index (χ1v) is 11.2. The molecule has 0 unspecified atom stereocenters. The van der Waals surface area contributed by atoms with Crippen molar-refractivity contribution in [3.8, 4) is 11.8 Å². The highest BCUT2D eigenvalue weighted by molar-refractivity contribution is 5.73. The van der Waals surface area contributed by atoms with Crippen LogP contribution in [0, 0.1) is 11.8 Å². The van der Waals surface area contributed by atoms with Crippen molar-refractivity contribution in [2.45, 2.75) is 89.3 Å². The van der Waals surface area contributed by atoms with Crippen molar-refractivity contribution in [3.63, 3.8) is 0 Å². The van der Waals surface area contributed by atoms with E-state index in [1.165, 1.54) is 51.1 Å². The van der Waals surface area contributed by atoms with Crippen molar-refractivity contribution in [2.24, 2.45) is 0 Å². The molecule has 170 valence electrons. The number of hydrogen-bond donors (Lipinski definition) is 3. The monoisotopic (exact) mass is 432 g/mol. The third-order valence-corrected chi connectivity index (χ3v) is 5.59. The van der Waals surface area contributed by atoms with Gasteiger partial charge in [0.15, 0.2) is 12.0 Å². The first kappa shape index (κ1) is 23.5. The molecule has 31 heavy (non-hydrogen) atoms. The molecule has 2 aromatic heterocycles. The second-order valence-electron chi connectivity index (χ2n) is 8.06. The Balaban J connectivity index is 1.57. The van der Waals surface area contributed by atoms with Crippen molar-refractivity contribution in [2.75, 3.05) is 6.61 Å². The molecule has 0 amide bonds. The molecule has 0 saturated carbocycles. The number of aliphatic hydroxyl groups is 3. The van der Waals surface area contributed by atoms with Gasteiger partial charge >= 0.3 is 5.69 Å². The second kappa shape index (κ2) is 11.4. The molecule has 4 atom stereocenters. The highest BCUT2D eigenvalue weighted by atomic mass is 16.6. The molecular formula is C23H32N2O6. The highest BCUT2D eigenvalue weighted by Crippen LogP contribution is 2.29. The predicted octanol–water partition coefficient (Wildman–Crippen LogP) is 2.48. The maximum atomic E-state index is 12.3. The molecular weight excluding hydrogens is 400 g/mol. The molecule has 0 aromatic carbocycles. The van der Waals surface area contributed by atoms with Gasteiger partial charge in [-0.05, 0) is 12.3 Å². The van der Waals surface area contributed by atoms with Crippen LogP contribution in [0.15, 0.2) is 21.5 Å². The number of unbranched alkanes of at least 4 members (excludes halogenated alkanes) is 8. The van der Waals surface area contributed by atoms with Crippen LogP contribution in [-0.2, 0) is 4.74 Å². The minimum absolute atomic E-state index is 0.157. The van der Waals surface area contributed by atoms with E-state index in [1.807, 2.05) is 0 Å². The Morgan fingerprint density at radius 2 is 1.81 bits per heavy atom. The highest BCUT2D eigenvalue weighted by Gasteiger charge is 2.43. The summed E-state index contributed by atoms with van der Waals surface area (Å²) in [5.41, 5.74) is -0.528. The van der Waals surface area contributed by atoms with Crippen LogP contribution in [0.2, 0.25) is 0 Å². The molecule has 1 fully saturated rings. The maximum Gasteiger partial charge on any atom is 0.353 e. The minimum Gasteiger partial charge on any atom is -0.429 e. The maximum absolute atomic E-state index is 12.3. The largest absolute Gasteiger partial charge is 0.429 e. The fourth-order valence-corrected chi connectivity index (χ4v) is 3.78. The minimum atomic E-state index is -1.35. The zero-order valence-corrected chi connectivity index (χ0v) is 18.0. The average Bonchev–Trinajstić information content (AvgIpc) is 3.28. The van der Waals surface area contributed by atoms with Gasteiger partial charge in [-0.1, -0.05) is 57.8 Å². The van der Waals surface area contributed by atoms with E-state index in [0.29, 0.717) is 11.1 Å². The molecule has 1 aliphatic rings. The van der Waals surface area contributed by atoms with Crippen LogP contribution in [0.1, 0.15) is 76.7 Å². The smallest absolute Gasteiger partial charge is 0.353 e. The van der Waals surface area contributed by atoms with E-state index in [0.717, 1.165) is 17.4 Å². The Kier molecular flexibility index (Phi) is 8.67. The van der Waals surface area contributed by atoms with Crippen LogP contribution in [0.4, 0.5) is 0 Å². The Morgan fingerprint density at radius 3 is 2.48 bits per heavy atom. The molecule has 0 bridgehead atoms. The van der Waals surface area contributed by atoms with Crippen molar-refractivity contribution in [1.29, 1.82) is 0 Å². The number of aromatic nitrogens is 2. The zero-order valence-electron chi connectivity index (χ0n) is 18.0. The molecule has 1 saturated heterocycles. The molecule has 2 aromatic rings. The van der Waals surface area contributed by atoms with Crippen molar-refractivity contribution >= 4 is 11.1 Å². The molecule has 3 rings (SSSR count). The zero-order chi connectivity index (χ0) is 22.2. The summed E-state index contributed by atoms with van der Waals surface area (Å²) in [4.78, 5) is 16.2. The number of nitrogens with zero attached hydrogens (tertiary/aromatic N) is 2. The summed E-state index contributed by atoms with van der Waals surface area (Å²) in [7, 11) is 0. The first-order valence-electron chi connectivity index (χ1n) is 11.2. The number of furan rings is 1. The van der Waals surface area contributed by atoms with Gasteiger partial charge in [0, 0.05) is 18.7 Å². The van der Waals surface area contributed by atoms with Crippen LogP contribution >= 0.6 is 0 Å². The lowest BCUT2D eigenvalue weighted by molar-refractivity contribution is -0.0547. The van der Waals surface area contributed by atoms with Gasteiger partial charge in [-0.2, -0.15) is 4.98 Å². The van der Waals surface area contributed by atoms with E-state index in [2.05, 4.69) is 23.7 Å². The standard InChI is InChI=1S/C23H32N2O6/c1-2-3-4-5-6-7-8-9-10-11-12-17-13-16-14-25(23(29)24-21(16)30-17)22-20(28)19(27)18(15-26)31-22/h13-14,18-20,22,26-28H,2-10,15H2,1H3/t18-,19-,20-,22-/m1/s1. The summed E-state index contributed by atoms with van der Waals surface area (Å²) >= 11 is 0. The Labute approximate surface area is 181 Å². The Morgan fingerprint density at radius 1 is 1.10 bits per heavy atom. The fraction of sp³-hybridized carbons (Fsp3) is 0.652. The lowest BCUT2D eigenvalue weighted by atomic mass is 10.1. The Hall–Kier alpha value is -2.18. The summed E-state index contributed by atoms with van der Waals surface area (Å²) < 4.78 is 12.1. The SMILES string of the molecule is CCCCCCCCCCC#Cc1cc2cn([C@@H]3O[C@H](CO)[C@@H](O)[C@H]3O)c(=O)nc2o1. The average molecular weight is 433 g/mol. The molecule has 0 spiro atoms. The lowest BCUT2D eigenvalue weighted by Gasteiger charge is -2.16. The number of hydrogen-bond acceptors (Lipinski definition) is 7.